The maximum absolute atomic E-state index is 11.3. The highest BCUT2D eigenvalue weighted by atomic mass is 16.6. The van der Waals surface area contributed by atoms with E-state index < -0.39 is 10.8 Å². The molecule has 0 fully saturated rings. The Morgan fingerprint density at radius 3 is 2.53 bits per heavy atom. The Kier molecular flexibility index (Phi) is 3.50. The molecular formula is C9H9N3O3. The fourth-order valence-corrected chi connectivity index (χ4v) is 0.922. The first-order valence-electron chi connectivity index (χ1n) is 4.17. The zero-order chi connectivity index (χ0) is 11.3. The summed E-state index contributed by atoms with van der Waals surface area (Å²) in [4.78, 5) is 21.1. The summed E-state index contributed by atoms with van der Waals surface area (Å²) in [6, 6.07) is 5.28. The zero-order valence-corrected chi connectivity index (χ0v) is 8.01. The van der Waals surface area contributed by atoms with Crippen LogP contribution in [0, 0.1) is 10.1 Å². The van der Waals surface area contributed by atoms with E-state index in [1.165, 1.54) is 30.5 Å². The molecule has 0 spiro atoms. The van der Waals surface area contributed by atoms with Gasteiger partial charge in [0.2, 0.25) is 0 Å². The minimum Gasteiger partial charge on any atom is -0.267 e. The molecule has 1 N–H and O–H groups in total. The number of hydrogen-bond donors (Lipinski definition) is 1. The molecule has 0 unspecified atom stereocenters. The molecular weight excluding hydrogens is 198 g/mol. The van der Waals surface area contributed by atoms with Gasteiger partial charge in [0.15, 0.2) is 0 Å². The van der Waals surface area contributed by atoms with E-state index in [1.807, 2.05) is 0 Å². The number of nitro benzene ring substituents is 1. The number of carbonyl (C=O) groups excluding carboxylic acids is 1. The SMILES string of the molecule is C/C=N/NC(=O)c1ccc([N+](=O)[O-])cc1. The number of non-ortho nitro benzene ring substituents is 1. The zero-order valence-electron chi connectivity index (χ0n) is 8.01. The van der Waals surface area contributed by atoms with Crippen LogP contribution >= 0.6 is 0 Å². The van der Waals surface area contributed by atoms with Crippen molar-refractivity contribution in [2.24, 2.45) is 5.10 Å². The first-order valence-corrected chi connectivity index (χ1v) is 4.17. The third kappa shape index (κ3) is 2.87. The van der Waals surface area contributed by atoms with Gasteiger partial charge in [-0.25, -0.2) is 5.43 Å². The molecule has 6 heteroatoms. The van der Waals surface area contributed by atoms with Crippen LogP contribution in [0.1, 0.15) is 17.3 Å². The highest BCUT2D eigenvalue weighted by molar-refractivity contribution is 5.94. The van der Waals surface area contributed by atoms with Gasteiger partial charge in [-0.3, -0.25) is 14.9 Å². The second-order valence-electron chi connectivity index (χ2n) is 2.63. The highest BCUT2D eigenvalue weighted by Gasteiger charge is 2.08. The lowest BCUT2D eigenvalue weighted by atomic mass is 10.2. The van der Waals surface area contributed by atoms with Gasteiger partial charge in [-0.1, -0.05) is 0 Å². The molecule has 0 aliphatic carbocycles. The van der Waals surface area contributed by atoms with Crippen molar-refractivity contribution in [1.29, 1.82) is 0 Å². The predicted molar refractivity (Wildman–Crippen MR) is 54.7 cm³/mol. The van der Waals surface area contributed by atoms with E-state index in [4.69, 9.17) is 0 Å². The van der Waals surface area contributed by atoms with Crippen molar-refractivity contribution in [3.05, 3.63) is 39.9 Å². The summed E-state index contributed by atoms with van der Waals surface area (Å²) < 4.78 is 0. The number of carbonyl (C=O) groups is 1. The Morgan fingerprint density at radius 1 is 1.47 bits per heavy atom. The monoisotopic (exact) mass is 207 g/mol. The Balaban J connectivity index is 2.80. The smallest absolute Gasteiger partial charge is 0.267 e. The van der Waals surface area contributed by atoms with Crippen molar-refractivity contribution in [3.8, 4) is 0 Å². The molecule has 78 valence electrons. The quantitative estimate of drug-likeness (QED) is 0.461. The van der Waals surface area contributed by atoms with Crippen molar-refractivity contribution < 1.29 is 9.72 Å². The van der Waals surface area contributed by atoms with Gasteiger partial charge < -0.3 is 0 Å². The minimum absolute atomic E-state index is 0.0504. The fourth-order valence-electron chi connectivity index (χ4n) is 0.922. The Morgan fingerprint density at radius 2 is 2.07 bits per heavy atom. The summed E-state index contributed by atoms with van der Waals surface area (Å²) in [6.45, 7) is 1.66. The fraction of sp³-hybridized carbons (Fsp3) is 0.111. The molecule has 1 aromatic rings. The average Bonchev–Trinajstić information content (AvgIpc) is 2.26. The van der Waals surface area contributed by atoms with Crippen molar-refractivity contribution in [2.75, 3.05) is 0 Å². The van der Waals surface area contributed by atoms with Crippen LogP contribution in [-0.4, -0.2) is 17.0 Å². The number of nitro groups is 1. The number of nitrogens with zero attached hydrogens (tertiary/aromatic N) is 2. The Bertz CT molecular complexity index is 398. The third-order valence-electron chi connectivity index (χ3n) is 1.64. The standard InChI is InChI=1S/C9H9N3O3/c1-2-10-11-9(13)7-3-5-8(6-4-7)12(14)15/h2-6H,1H3,(H,11,13)/b10-2+. The second kappa shape index (κ2) is 4.85. The number of benzene rings is 1. The van der Waals surface area contributed by atoms with Crippen molar-refractivity contribution in [3.63, 3.8) is 0 Å². The maximum Gasteiger partial charge on any atom is 0.271 e. The first-order chi connectivity index (χ1) is 7.15. The molecule has 6 nitrogen and oxygen atoms in total. The number of hydrogen-bond acceptors (Lipinski definition) is 4. The van der Waals surface area contributed by atoms with Gasteiger partial charge in [-0.2, -0.15) is 5.10 Å². The summed E-state index contributed by atoms with van der Waals surface area (Å²) in [5.74, 6) is -0.400. The molecule has 1 rings (SSSR count). The summed E-state index contributed by atoms with van der Waals surface area (Å²) in [7, 11) is 0. The molecule has 0 atom stereocenters. The van der Waals surface area contributed by atoms with Gasteiger partial charge in [0.05, 0.1) is 4.92 Å². The molecule has 0 saturated heterocycles. The van der Waals surface area contributed by atoms with Gasteiger partial charge in [0.25, 0.3) is 11.6 Å². The van der Waals surface area contributed by atoms with Gasteiger partial charge in [0.1, 0.15) is 0 Å². The van der Waals surface area contributed by atoms with Crippen LogP contribution in [0.3, 0.4) is 0 Å². The number of hydrazone groups is 1. The van der Waals surface area contributed by atoms with Crippen LogP contribution in [0.5, 0.6) is 0 Å². The van der Waals surface area contributed by atoms with E-state index in [1.54, 1.807) is 6.92 Å². The number of amides is 1. The highest BCUT2D eigenvalue weighted by Crippen LogP contribution is 2.11. The Labute approximate surface area is 85.8 Å². The van der Waals surface area contributed by atoms with E-state index in [9.17, 15) is 14.9 Å². The molecule has 15 heavy (non-hydrogen) atoms. The van der Waals surface area contributed by atoms with Crippen LogP contribution in [0.25, 0.3) is 0 Å². The lowest BCUT2D eigenvalue weighted by Gasteiger charge is -1.98. The topological polar surface area (TPSA) is 84.6 Å². The van der Waals surface area contributed by atoms with Crippen LogP contribution in [0.4, 0.5) is 5.69 Å². The molecule has 1 amide bonds. The van der Waals surface area contributed by atoms with Crippen molar-refractivity contribution in [2.45, 2.75) is 6.92 Å². The van der Waals surface area contributed by atoms with E-state index in [0.717, 1.165) is 0 Å². The van der Waals surface area contributed by atoms with Gasteiger partial charge >= 0.3 is 0 Å². The number of rotatable bonds is 3. The molecule has 0 aromatic heterocycles. The maximum atomic E-state index is 11.3. The van der Waals surface area contributed by atoms with E-state index >= 15 is 0 Å². The molecule has 0 heterocycles. The summed E-state index contributed by atoms with van der Waals surface area (Å²) in [5, 5.41) is 13.9. The minimum atomic E-state index is -0.522. The molecule has 0 aliphatic heterocycles. The second-order valence-corrected chi connectivity index (χ2v) is 2.63. The first kappa shape index (κ1) is 10.8. The van der Waals surface area contributed by atoms with Crippen LogP contribution in [0.15, 0.2) is 29.4 Å². The van der Waals surface area contributed by atoms with Crippen LogP contribution in [-0.2, 0) is 0 Å². The lowest BCUT2D eigenvalue weighted by molar-refractivity contribution is -0.384. The molecule has 0 bridgehead atoms. The predicted octanol–water partition coefficient (Wildman–Crippen LogP) is 1.33. The summed E-state index contributed by atoms with van der Waals surface area (Å²) in [6.07, 6.45) is 1.43. The van der Waals surface area contributed by atoms with Crippen LogP contribution < -0.4 is 5.43 Å². The van der Waals surface area contributed by atoms with E-state index in [-0.39, 0.29) is 5.69 Å². The average molecular weight is 207 g/mol. The summed E-state index contributed by atoms with van der Waals surface area (Å²) >= 11 is 0. The lowest BCUT2D eigenvalue weighted by Crippen LogP contribution is -2.17. The van der Waals surface area contributed by atoms with Crippen LogP contribution in [0.2, 0.25) is 0 Å². The Hall–Kier alpha value is -2.24. The molecule has 0 radical (unpaired) electrons. The van der Waals surface area contributed by atoms with Gasteiger partial charge in [0, 0.05) is 23.9 Å². The normalized spacial score (nSPS) is 10.2. The number of nitrogens with one attached hydrogen (secondary N) is 1. The molecule has 1 aromatic carbocycles. The molecule has 0 saturated carbocycles. The third-order valence-corrected chi connectivity index (χ3v) is 1.64. The summed E-state index contributed by atoms with van der Waals surface area (Å²) in [5.41, 5.74) is 2.53. The van der Waals surface area contributed by atoms with Crippen molar-refractivity contribution >= 4 is 17.8 Å². The van der Waals surface area contributed by atoms with E-state index in [2.05, 4.69) is 10.5 Å². The van der Waals surface area contributed by atoms with Gasteiger partial charge in [-0.05, 0) is 19.1 Å². The largest absolute Gasteiger partial charge is 0.271 e. The van der Waals surface area contributed by atoms with Crippen molar-refractivity contribution in [1.82, 2.24) is 5.43 Å². The van der Waals surface area contributed by atoms with E-state index in [0.29, 0.717) is 5.56 Å². The van der Waals surface area contributed by atoms with Gasteiger partial charge in [-0.15, -0.1) is 0 Å². The molecule has 0 aliphatic rings.